The topological polar surface area (TPSA) is 26.3 Å². The molecule has 0 fully saturated rings. The Morgan fingerprint density at radius 2 is 1.55 bits per heavy atom. The maximum Gasteiger partial charge on any atom is 0.305 e. The second-order valence-corrected chi connectivity index (χ2v) is 5.66. The van der Waals surface area contributed by atoms with Crippen LogP contribution in [0.2, 0.25) is 0 Å². The molecule has 0 radical (unpaired) electrons. The van der Waals surface area contributed by atoms with Crippen LogP contribution in [0.4, 0.5) is 0 Å². The van der Waals surface area contributed by atoms with E-state index in [0.717, 1.165) is 12.8 Å². The molecule has 0 aliphatic carbocycles. The second-order valence-electron chi connectivity index (χ2n) is 5.22. The minimum Gasteiger partial charge on any atom is -0.465 e. The third-order valence-corrected chi connectivity index (χ3v) is 3.43. The Morgan fingerprint density at radius 1 is 0.950 bits per heavy atom. The Balaban J connectivity index is 3.16. The second kappa shape index (κ2) is 16.6. The quantitative estimate of drug-likeness (QED) is 0.203. The smallest absolute Gasteiger partial charge is 0.305 e. The average molecular weight is 301 g/mol. The van der Waals surface area contributed by atoms with Gasteiger partial charge in [0.1, 0.15) is 6.61 Å². The zero-order valence-corrected chi connectivity index (χ0v) is 14.0. The molecule has 0 aliphatic rings. The van der Waals surface area contributed by atoms with Crippen molar-refractivity contribution in [2.24, 2.45) is 0 Å². The highest BCUT2D eigenvalue weighted by molar-refractivity contribution is 7.80. The third-order valence-electron chi connectivity index (χ3n) is 3.25. The summed E-state index contributed by atoms with van der Waals surface area (Å²) in [6, 6.07) is 0. The molecule has 0 aromatic heterocycles. The molecular formula is C17H32O2S. The normalized spacial score (nSPS) is 11.1. The molecule has 0 rings (SSSR count). The molecule has 0 aliphatic heterocycles. The summed E-state index contributed by atoms with van der Waals surface area (Å²) in [4.78, 5) is 11.2. The number of ether oxygens (including phenoxy) is 1. The van der Waals surface area contributed by atoms with E-state index in [9.17, 15) is 4.79 Å². The van der Waals surface area contributed by atoms with Gasteiger partial charge in [0.2, 0.25) is 0 Å². The summed E-state index contributed by atoms with van der Waals surface area (Å²) in [5, 5.41) is 0. The van der Waals surface area contributed by atoms with Crippen molar-refractivity contribution in [3.63, 3.8) is 0 Å². The number of hydrogen-bond acceptors (Lipinski definition) is 3. The van der Waals surface area contributed by atoms with E-state index in [-0.39, 0.29) is 5.97 Å². The summed E-state index contributed by atoms with van der Waals surface area (Å²) < 4.78 is 4.96. The molecule has 0 saturated heterocycles. The van der Waals surface area contributed by atoms with Gasteiger partial charge in [-0.25, -0.2) is 0 Å². The van der Waals surface area contributed by atoms with Gasteiger partial charge in [-0.3, -0.25) is 4.79 Å². The first kappa shape index (κ1) is 19.6. The highest BCUT2D eigenvalue weighted by Gasteiger charge is 2.00. The van der Waals surface area contributed by atoms with Crippen LogP contribution in [-0.2, 0) is 9.53 Å². The summed E-state index contributed by atoms with van der Waals surface area (Å²) in [5.74, 6) is 0.530. The van der Waals surface area contributed by atoms with Gasteiger partial charge in [0.15, 0.2) is 0 Å². The van der Waals surface area contributed by atoms with Crippen molar-refractivity contribution in [2.75, 3.05) is 12.4 Å². The van der Waals surface area contributed by atoms with Gasteiger partial charge in [-0.05, 0) is 32.1 Å². The molecule has 0 N–H and O–H groups in total. The Bertz CT molecular complexity index is 239. The molecule has 0 heterocycles. The van der Waals surface area contributed by atoms with Crippen molar-refractivity contribution in [1.82, 2.24) is 0 Å². The molecule has 20 heavy (non-hydrogen) atoms. The Labute approximate surface area is 130 Å². The maximum absolute atomic E-state index is 11.2. The first-order valence-electron chi connectivity index (χ1n) is 8.22. The van der Waals surface area contributed by atoms with Crippen LogP contribution in [0.15, 0.2) is 12.2 Å². The Morgan fingerprint density at radius 3 is 2.15 bits per heavy atom. The molecule has 118 valence electrons. The molecule has 2 nitrogen and oxygen atoms in total. The van der Waals surface area contributed by atoms with Gasteiger partial charge in [-0.2, -0.15) is 12.6 Å². The number of hydrogen-bond donors (Lipinski definition) is 1. The fraction of sp³-hybridized carbons (Fsp3) is 0.824. The fourth-order valence-electron chi connectivity index (χ4n) is 2.04. The predicted octanol–water partition coefficient (Wildman–Crippen LogP) is 5.33. The van der Waals surface area contributed by atoms with Crippen LogP contribution in [0.1, 0.15) is 77.6 Å². The first-order chi connectivity index (χ1) is 9.81. The van der Waals surface area contributed by atoms with Crippen LogP contribution in [0.5, 0.6) is 0 Å². The van der Waals surface area contributed by atoms with E-state index in [4.69, 9.17) is 4.74 Å². The lowest BCUT2D eigenvalue weighted by Crippen LogP contribution is -2.06. The van der Waals surface area contributed by atoms with Crippen molar-refractivity contribution >= 4 is 18.6 Å². The molecular weight excluding hydrogens is 268 g/mol. The lowest BCUT2D eigenvalue weighted by Gasteiger charge is -2.02. The van der Waals surface area contributed by atoms with E-state index in [1.54, 1.807) is 0 Å². The zero-order valence-electron chi connectivity index (χ0n) is 13.1. The van der Waals surface area contributed by atoms with Gasteiger partial charge in [-0.1, -0.05) is 51.2 Å². The highest BCUT2D eigenvalue weighted by Crippen LogP contribution is 2.08. The van der Waals surface area contributed by atoms with Crippen molar-refractivity contribution < 1.29 is 9.53 Å². The molecule has 0 atom stereocenters. The van der Waals surface area contributed by atoms with E-state index < -0.39 is 0 Å². The van der Waals surface area contributed by atoms with E-state index in [1.807, 2.05) is 0 Å². The van der Waals surface area contributed by atoms with Gasteiger partial charge in [-0.15, -0.1) is 0 Å². The molecule has 0 saturated carbocycles. The number of carbonyl (C=O) groups excluding carboxylic acids is 1. The van der Waals surface area contributed by atoms with Crippen molar-refractivity contribution in [3.8, 4) is 0 Å². The van der Waals surface area contributed by atoms with Crippen LogP contribution >= 0.6 is 12.6 Å². The molecule has 0 unspecified atom stereocenters. The number of allylic oxidation sites excluding steroid dienone is 2. The monoisotopic (exact) mass is 300 g/mol. The van der Waals surface area contributed by atoms with Crippen LogP contribution in [0.25, 0.3) is 0 Å². The maximum atomic E-state index is 11.2. The number of rotatable bonds is 14. The summed E-state index contributed by atoms with van der Waals surface area (Å²) in [5.41, 5.74) is 0. The largest absolute Gasteiger partial charge is 0.465 e. The van der Waals surface area contributed by atoms with Gasteiger partial charge in [0, 0.05) is 12.2 Å². The number of thiol groups is 1. The van der Waals surface area contributed by atoms with Crippen LogP contribution in [-0.4, -0.2) is 18.3 Å². The van der Waals surface area contributed by atoms with E-state index in [0.29, 0.717) is 18.8 Å². The van der Waals surface area contributed by atoms with Crippen LogP contribution in [0.3, 0.4) is 0 Å². The van der Waals surface area contributed by atoms with Gasteiger partial charge < -0.3 is 4.74 Å². The molecule has 0 amide bonds. The van der Waals surface area contributed by atoms with Crippen molar-refractivity contribution in [2.45, 2.75) is 77.6 Å². The average Bonchev–Trinajstić information content (AvgIpc) is 2.46. The summed E-state index contributed by atoms with van der Waals surface area (Å²) >= 11 is 4.00. The Hall–Kier alpha value is -0.440. The molecule has 0 aromatic carbocycles. The van der Waals surface area contributed by atoms with E-state index in [2.05, 4.69) is 31.7 Å². The summed E-state index contributed by atoms with van der Waals surface area (Å²) in [6.07, 6.45) is 17.5. The zero-order chi connectivity index (χ0) is 14.9. The van der Waals surface area contributed by atoms with Crippen LogP contribution in [0, 0.1) is 0 Å². The SMILES string of the molecule is CCCCCC/C=C/CCCCCCC(=O)OCCS. The minimum absolute atomic E-state index is 0.0778. The Kier molecular flexibility index (Phi) is 16.2. The van der Waals surface area contributed by atoms with Crippen LogP contribution < -0.4 is 0 Å². The highest BCUT2D eigenvalue weighted by atomic mass is 32.1. The van der Waals surface area contributed by atoms with Crippen molar-refractivity contribution in [1.29, 1.82) is 0 Å². The molecule has 0 bridgehead atoms. The van der Waals surface area contributed by atoms with Gasteiger partial charge in [0.25, 0.3) is 0 Å². The number of carbonyl (C=O) groups is 1. The first-order valence-corrected chi connectivity index (χ1v) is 8.86. The number of unbranched alkanes of at least 4 members (excludes halogenated alkanes) is 8. The molecule has 0 aromatic rings. The summed E-state index contributed by atoms with van der Waals surface area (Å²) in [7, 11) is 0. The predicted molar refractivity (Wildman–Crippen MR) is 90.4 cm³/mol. The number of esters is 1. The van der Waals surface area contributed by atoms with Crippen molar-refractivity contribution in [3.05, 3.63) is 12.2 Å². The third kappa shape index (κ3) is 15.6. The molecule has 0 spiro atoms. The van der Waals surface area contributed by atoms with Gasteiger partial charge >= 0.3 is 5.97 Å². The molecule has 3 heteroatoms. The lowest BCUT2D eigenvalue weighted by atomic mass is 10.1. The lowest BCUT2D eigenvalue weighted by molar-refractivity contribution is -0.143. The van der Waals surface area contributed by atoms with Gasteiger partial charge in [0.05, 0.1) is 0 Å². The summed E-state index contributed by atoms with van der Waals surface area (Å²) in [6.45, 7) is 2.68. The standard InChI is InChI=1S/C17H32O2S/c1-2-3-4-5-6-7-8-9-10-11-12-13-14-17(18)19-15-16-20/h7-8,20H,2-6,9-16H2,1H3/b8-7+. The van der Waals surface area contributed by atoms with E-state index >= 15 is 0 Å². The minimum atomic E-state index is -0.0778. The fourth-order valence-corrected chi connectivity index (χ4v) is 2.13. The van der Waals surface area contributed by atoms with E-state index in [1.165, 1.54) is 51.4 Å².